The molecule has 0 fully saturated rings. The Kier molecular flexibility index (Phi) is 5.73. The number of hydrogen-bond donors (Lipinski definition) is 3. The molecule has 2 aromatic carbocycles. The molecule has 0 saturated heterocycles. The quantitative estimate of drug-likeness (QED) is 0.763. The standard InChI is InChI=1S/C18H19N3O2/c1-13-4-2-3-5-16(13)17(22)11-21-18(23)12-20-15-8-6-14(10-19)7-9-15/h2-9,17,20,22H,11-12H2,1H3,(H,21,23). The van der Waals surface area contributed by atoms with Gasteiger partial charge in [-0.05, 0) is 42.3 Å². The molecule has 0 aliphatic heterocycles. The molecule has 0 heterocycles. The van der Waals surface area contributed by atoms with Crippen LogP contribution in [0.15, 0.2) is 48.5 Å². The number of aryl methyl sites for hydroxylation is 1. The second-order valence-corrected chi connectivity index (χ2v) is 5.22. The Balaban J connectivity index is 1.78. The largest absolute Gasteiger partial charge is 0.387 e. The zero-order chi connectivity index (χ0) is 16.7. The topological polar surface area (TPSA) is 85.2 Å². The van der Waals surface area contributed by atoms with Crippen LogP contribution in [0.2, 0.25) is 0 Å². The SMILES string of the molecule is Cc1ccccc1C(O)CNC(=O)CNc1ccc(C#N)cc1. The minimum absolute atomic E-state index is 0.104. The van der Waals surface area contributed by atoms with Crippen LogP contribution in [0.5, 0.6) is 0 Å². The van der Waals surface area contributed by atoms with Crippen LogP contribution >= 0.6 is 0 Å². The average molecular weight is 309 g/mol. The van der Waals surface area contributed by atoms with E-state index in [0.717, 1.165) is 16.8 Å². The van der Waals surface area contributed by atoms with Crippen LogP contribution in [-0.2, 0) is 4.79 Å². The maximum atomic E-state index is 11.8. The van der Waals surface area contributed by atoms with Crippen molar-refractivity contribution in [3.8, 4) is 6.07 Å². The van der Waals surface area contributed by atoms with Gasteiger partial charge in [0.15, 0.2) is 0 Å². The molecule has 1 unspecified atom stereocenters. The Hall–Kier alpha value is -2.84. The van der Waals surface area contributed by atoms with E-state index in [9.17, 15) is 9.90 Å². The van der Waals surface area contributed by atoms with Gasteiger partial charge in [0.1, 0.15) is 0 Å². The maximum Gasteiger partial charge on any atom is 0.239 e. The summed E-state index contributed by atoms with van der Waals surface area (Å²) in [5.41, 5.74) is 3.14. The van der Waals surface area contributed by atoms with E-state index in [0.29, 0.717) is 5.56 Å². The number of carbonyl (C=O) groups excluding carboxylic acids is 1. The van der Waals surface area contributed by atoms with Crippen molar-refractivity contribution in [1.82, 2.24) is 5.32 Å². The van der Waals surface area contributed by atoms with Crippen molar-refractivity contribution in [1.29, 1.82) is 5.26 Å². The summed E-state index contributed by atoms with van der Waals surface area (Å²) in [5, 5.41) is 24.5. The van der Waals surface area contributed by atoms with E-state index < -0.39 is 6.10 Å². The highest BCUT2D eigenvalue weighted by molar-refractivity contribution is 5.80. The van der Waals surface area contributed by atoms with Crippen LogP contribution in [0.4, 0.5) is 5.69 Å². The van der Waals surface area contributed by atoms with Crippen molar-refractivity contribution < 1.29 is 9.90 Å². The van der Waals surface area contributed by atoms with Crippen LogP contribution in [0.1, 0.15) is 22.8 Å². The van der Waals surface area contributed by atoms with Gasteiger partial charge in [-0.2, -0.15) is 5.26 Å². The van der Waals surface area contributed by atoms with Crippen LogP contribution in [-0.4, -0.2) is 24.1 Å². The summed E-state index contributed by atoms with van der Waals surface area (Å²) in [6.07, 6.45) is -0.727. The summed E-state index contributed by atoms with van der Waals surface area (Å²) in [7, 11) is 0. The minimum Gasteiger partial charge on any atom is -0.387 e. The molecule has 0 aromatic heterocycles. The normalized spacial score (nSPS) is 11.3. The number of nitriles is 1. The van der Waals surface area contributed by atoms with Gasteiger partial charge in [-0.1, -0.05) is 24.3 Å². The summed E-state index contributed by atoms with van der Waals surface area (Å²) < 4.78 is 0. The maximum absolute atomic E-state index is 11.8. The predicted octanol–water partition coefficient (Wildman–Crippen LogP) is 2.13. The van der Waals surface area contributed by atoms with Crippen molar-refractivity contribution in [3.05, 3.63) is 65.2 Å². The van der Waals surface area contributed by atoms with Crippen LogP contribution in [0.3, 0.4) is 0 Å². The molecule has 5 nitrogen and oxygen atoms in total. The highest BCUT2D eigenvalue weighted by Crippen LogP contribution is 2.16. The molecular formula is C18H19N3O2. The molecule has 0 bridgehead atoms. The van der Waals surface area contributed by atoms with Gasteiger partial charge in [-0.15, -0.1) is 0 Å². The molecule has 0 saturated carbocycles. The second-order valence-electron chi connectivity index (χ2n) is 5.22. The smallest absolute Gasteiger partial charge is 0.239 e. The molecule has 2 aromatic rings. The van der Waals surface area contributed by atoms with E-state index in [-0.39, 0.29) is 19.0 Å². The second kappa shape index (κ2) is 7.97. The molecule has 0 aliphatic rings. The number of amides is 1. The van der Waals surface area contributed by atoms with E-state index in [2.05, 4.69) is 10.6 Å². The average Bonchev–Trinajstić information content (AvgIpc) is 2.58. The monoisotopic (exact) mass is 309 g/mol. The van der Waals surface area contributed by atoms with Crippen LogP contribution in [0, 0.1) is 18.3 Å². The molecule has 1 amide bonds. The molecule has 3 N–H and O–H groups in total. The molecule has 5 heteroatoms. The first-order valence-electron chi connectivity index (χ1n) is 7.34. The lowest BCUT2D eigenvalue weighted by Gasteiger charge is -2.15. The molecule has 0 radical (unpaired) electrons. The van der Waals surface area contributed by atoms with Gasteiger partial charge in [0.05, 0.1) is 24.3 Å². The number of rotatable bonds is 6. The lowest BCUT2D eigenvalue weighted by atomic mass is 10.0. The van der Waals surface area contributed by atoms with Crippen molar-refractivity contribution in [3.63, 3.8) is 0 Å². The molecule has 2 rings (SSSR count). The van der Waals surface area contributed by atoms with Gasteiger partial charge in [-0.25, -0.2) is 0 Å². The van der Waals surface area contributed by atoms with E-state index in [1.165, 1.54) is 0 Å². The van der Waals surface area contributed by atoms with Gasteiger partial charge in [0.2, 0.25) is 5.91 Å². The summed E-state index contributed by atoms with van der Waals surface area (Å²) >= 11 is 0. The van der Waals surface area contributed by atoms with Crippen LogP contribution in [0.25, 0.3) is 0 Å². The Morgan fingerprint density at radius 2 is 1.91 bits per heavy atom. The van der Waals surface area contributed by atoms with E-state index >= 15 is 0 Å². The van der Waals surface area contributed by atoms with E-state index in [1.54, 1.807) is 24.3 Å². The Morgan fingerprint density at radius 1 is 1.22 bits per heavy atom. The van der Waals surface area contributed by atoms with Crippen molar-refractivity contribution in [2.45, 2.75) is 13.0 Å². The summed E-state index contributed by atoms with van der Waals surface area (Å²) in [5.74, 6) is -0.206. The number of aliphatic hydroxyl groups excluding tert-OH is 1. The number of aliphatic hydroxyl groups is 1. The molecule has 0 aliphatic carbocycles. The van der Waals surface area contributed by atoms with Crippen molar-refractivity contribution >= 4 is 11.6 Å². The lowest BCUT2D eigenvalue weighted by Crippen LogP contribution is -2.33. The fourth-order valence-electron chi connectivity index (χ4n) is 2.19. The van der Waals surface area contributed by atoms with Gasteiger partial charge >= 0.3 is 0 Å². The third-order valence-electron chi connectivity index (χ3n) is 3.51. The first-order valence-corrected chi connectivity index (χ1v) is 7.34. The van der Waals surface area contributed by atoms with Crippen LogP contribution < -0.4 is 10.6 Å². The van der Waals surface area contributed by atoms with Gasteiger partial charge in [0.25, 0.3) is 0 Å². The summed E-state index contributed by atoms with van der Waals surface area (Å²) in [6, 6.07) is 16.4. The van der Waals surface area contributed by atoms with Crippen molar-refractivity contribution in [2.75, 3.05) is 18.4 Å². The Morgan fingerprint density at radius 3 is 2.57 bits per heavy atom. The number of anilines is 1. The molecule has 1 atom stereocenters. The molecular weight excluding hydrogens is 290 g/mol. The predicted molar refractivity (Wildman–Crippen MR) is 88.8 cm³/mol. The fourth-order valence-corrected chi connectivity index (χ4v) is 2.19. The number of benzene rings is 2. The number of nitrogens with one attached hydrogen (secondary N) is 2. The zero-order valence-electron chi connectivity index (χ0n) is 12.9. The lowest BCUT2D eigenvalue weighted by molar-refractivity contribution is -0.119. The summed E-state index contributed by atoms with van der Waals surface area (Å²) in [6.45, 7) is 2.19. The molecule has 118 valence electrons. The minimum atomic E-state index is -0.727. The Bertz CT molecular complexity index is 705. The summed E-state index contributed by atoms with van der Waals surface area (Å²) in [4.78, 5) is 11.8. The van der Waals surface area contributed by atoms with E-state index in [1.807, 2.05) is 37.3 Å². The van der Waals surface area contributed by atoms with E-state index in [4.69, 9.17) is 5.26 Å². The van der Waals surface area contributed by atoms with Crippen molar-refractivity contribution in [2.24, 2.45) is 0 Å². The first kappa shape index (κ1) is 16.5. The fraction of sp³-hybridized carbons (Fsp3) is 0.222. The number of nitrogens with zero attached hydrogens (tertiary/aromatic N) is 1. The third-order valence-corrected chi connectivity index (χ3v) is 3.51. The highest BCUT2D eigenvalue weighted by atomic mass is 16.3. The van der Waals surface area contributed by atoms with Gasteiger partial charge < -0.3 is 15.7 Å². The van der Waals surface area contributed by atoms with Gasteiger partial charge in [0, 0.05) is 12.2 Å². The third kappa shape index (κ3) is 4.83. The molecule has 23 heavy (non-hydrogen) atoms. The highest BCUT2D eigenvalue weighted by Gasteiger charge is 2.11. The van der Waals surface area contributed by atoms with Gasteiger partial charge in [-0.3, -0.25) is 4.79 Å². The zero-order valence-corrected chi connectivity index (χ0v) is 12.9. The number of carbonyl (C=O) groups is 1. The first-order chi connectivity index (χ1) is 11.1. The number of hydrogen-bond acceptors (Lipinski definition) is 4. The molecule has 0 spiro atoms. The Labute approximate surface area is 135 Å².